The molecular formula is C9H16O4. The predicted octanol–water partition coefficient (Wildman–Crippen LogP) is 0.637. The molecule has 13 heavy (non-hydrogen) atoms. The van der Waals surface area contributed by atoms with E-state index in [1.54, 1.807) is 7.11 Å². The fourth-order valence-electron chi connectivity index (χ4n) is 1.84. The van der Waals surface area contributed by atoms with Gasteiger partial charge in [0.25, 0.3) is 0 Å². The summed E-state index contributed by atoms with van der Waals surface area (Å²) in [5, 5.41) is 17.8. The lowest BCUT2D eigenvalue weighted by atomic mass is 9.84. The van der Waals surface area contributed by atoms with E-state index in [1.165, 1.54) is 0 Å². The average molecular weight is 188 g/mol. The predicted molar refractivity (Wildman–Crippen MR) is 46.4 cm³/mol. The van der Waals surface area contributed by atoms with Gasteiger partial charge in [-0.25, -0.2) is 4.79 Å². The van der Waals surface area contributed by atoms with Gasteiger partial charge in [0.1, 0.15) is 0 Å². The molecule has 0 spiro atoms. The SMILES string of the molecule is COC1CCC(C(O)C(=O)O)CC1. The molecule has 1 aliphatic rings. The summed E-state index contributed by atoms with van der Waals surface area (Å²) in [5.41, 5.74) is 0. The van der Waals surface area contributed by atoms with Crippen LogP contribution in [0, 0.1) is 5.92 Å². The van der Waals surface area contributed by atoms with Gasteiger partial charge in [-0.2, -0.15) is 0 Å². The second-order valence-electron chi connectivity index (χ2n) is 3.56. The van der Waals surface area contributed by atoms with Gasteiger partial charge >= 0.3 is 5.97 Å². The Morgan fingerprint density at radius 3 is 2.31 bits per heavy atom. The fraction of sp³-hybridized carbons (Fsp3) is 0.889. The molecule has 1 unspecified atom stereocenters. The topological polar surface area (TPSA) is 66.8 Å². The second-order valence-corrected chi connectivity index (χ2v) is 3.56. The Morgan fingerprint density at radius 1 is 1.38 bits per heavy atom. The molecule has 0 amide bonds. The number of methoxy groups -OCH3 is 1. The largest absolute Gasteiger partial charge is 0.479 e. The fourth-order valence-corrected chi connectivity index (χ4v) is 1.84. The lowest BCUT2D eigenvalue weighted by Crippen LogP contribution is -2.33. The molecule has 2 N–H and O–H groups in total. The summed E-state index contributed by atoms with van der Waals surface area (Å²) in [6.45, 7) is 0. The summed E-state index contributed by atoms with van der Waals surface area (Å²) < 4.78 is 5.15. The van der Waals surface area contributed by atoms with Crippen LogP contribution in [-0.4, -0.2) is 35.5 Å². The summed E-state index contributed by atoms with van der Waals surface area (Å²) >= 11 is 0. The molecule has 1 atom stereocenters. The summed E-state index contributed by atoms with van der Waals surface area (Å²) in [5.74, 6) is -1.20. The molecule has 4 nitrogen and oxygen atoms in total. The van der Waals surface area contributed by atoms with Crippen LogP contribution in [0.4, 0.5) is 0 Å². The van der Waals surface area contributed by atoms with Gasteiger partial charge in [-0.05, 0) is 31.6 Å². The van der Waals surface area contributed by atoms with Crippen molar-refractivity contribution in [2.45, 2.75) is 37.9 Å². The van der Waals surface area contributed by atoms with E-state index >= 15 is 0 Å². The molecule has 1 fully saturated rings. The van der Waals surface area contributed by atoms with Crippen LogP contribution >= 0.6 is 0 Å². The van der Waals surface area contributed by atoms with E-state index in [1.807, 2.05) is 0 Å². The van der Waals surface area contributed by atoms with E-state index in [-0.39, 0.29) is 12.0 Å². The zero-order valence-electron chi connectivity index (χ0n) is 7.77. The maximum atomic E-state index is 10.5. The highest BCUT2D eigenvalue weighted by atomic mass is 16.5. The molecular weight excluding hydrogens is 172 g/mol. The number of aliphatic hydroxyl groups is 1. The molecule has 0 bridgehead atoms. The Kier molecular flexibility index (Phi) is 3.69. The molecule has 0 heterocycles. The first-order valence-corrected chi connectivity index (χ1v) is 4.58. The van der Waals surface area contributed by atoms with Crippen molar-refractivity contribution >= 4 is 5.97 Å². The Bertz CT molecular complexity index is 172. The average Bonchev–Trinajstić information content (AvgIpc) is 2.17. The van der Waals surface area contributed by atoms with Crippen molar-refractivity contribution in [3.63, 3.8) is 0 Å². The van der Waals surface area contributed by atoms with E-state index < -0.39 is 12.1 Å². The molecule has 0 aromatic carbocycles. The molecule has 76 valence electrons. The van der Waals surface area contributed by atoms with Gasteiger partial charge in [0, 0.05) is 7.11 Å². The minimum Gasteiger partial charge on any atom is -0.479 e. The van der Waals surface area contributed by atoms with Gasteiger partial charge in [0.05, 0.1) is 6.10 Å². The standard InChI is InChI=1S/C9H16O4/c1-13-7-4-2-6(3-5-7)8(10)9(11)12/h6-8,10H,2-5H2,1H3,(H,11,12). The zero-order chi connectivity index (χ0) is 9.84. The lowest BCUT2D eigenvalue weighted by Gasteiger charge is -2.28. The quantitative estimate of drug-likeness (QED) is 0.682. The number of rotatable bonds is 3. The Morgan fingerprint density at radius 2 is 1.92 bits per heavy atom. The minimum absolute atomic E-state index is 0.0936. The molecule has 1 aliphatic carbocycles. The zero-order valence-corrected chi connectivity index (χ0v) is 7.77. The van der Waals surface area contributed by atoms with Crippen LogP contribution in [0.5, 0.6) is 0 Å². The van der Waals surface area contributed by atoms with E-state index in [2.05, 4.69) is 0 Å². The number of ether oxygens (including phenoxy) is 1. The van der Waals surface area contributed by atoms with Gasteiger partial charge in [0.2, 0.25) is 0 Å². The number of carbonyl (C=O) groups is 1. The Labute approximate surface area is 77.5 Å². The summed E-state index contributed by atoms with van der Waals surface area (Å²) in [7, 11) is 1.67. The third kappa shape index (κ3) is 2.67. The molecule has 0 aliphatic heterocycles. The molecule has 4 heteroatoms. The lowest BCUT2D eigenvalue weighted by molar-refractivity contribution is -0.150. The normalized spacial score (nSPS) is 31.2. The maximum Gasteiger partial charge on any atom is 0.332 e. The highest BCUT2D eigenvalue weighted by Gasteiger charge is 2.30. The number of hydrogen-bond donors (Lipinski definition) is 2. The monoisotopic (exact) mass is 188 g/mol. The Hall–Kier alpha value is -0.610. The number of aliphatic hydroxyl groups excluding tert-OH is 1. The van der Waals surface area contributed by atoms with Crippen molar-refractivity contribution in [2.24, 2.45) is 5.92 Å². The second kappa shape index (κ2) is 4.58. The minimum atomic E-state index is -1.20. The highest BCUT2D eigenvalue weighted by Crippen LogP contribution is 2.28. The van der Waals surface area contributed by atoms with Crippen LogP contribution in [0.1, 0.15) is 25.7 Å². The summed E-state index contributed by atoms with van der Waals surface area (Å²) in [4.78, 5) is 10.5. The number of carboxylic acids is 1. The van der Waals surface area contributed by atoms with Gasteiger partial charge in [-0.15, -0.1) is 0 Å². The maximum absolute atomic E-state index is 10.5. The van der Waals surface area contributed by atoms with Crippen molar-refractivity contribution < 1.29 is 19.7 Å². The van der Waals surface area contributed by atoms with E-state index in [0.717, 1.165) is 25.7 Å². The molecule has 0 aromatic heterocycles. The van der Waals surface area contributed by atoms with Gasteiger partial charge in [0.15, 0.2) is 6.10 Å². The van der Waals surface area contributed by atoms with E-state index in [4.69, 9.17) is 9.84 Å². The van der Waals surface area contributed by atoms with E-state index in [0.29, 0.717) is 0 Å². The van der Waals surface area contributed by atoms with Crippen LogP contribution in [0.2, 0.25) is 0 Å². The van der Waals surface area contributed by atoms with Gasteiger partial charge in [-0.3, -0.25) is 0 Å². The molecule has 0 aromatic rings. The number of hydrogen-bond acceptors (Lipinski definition) is 3. The summed E-state index contributed by atoms with van der Waals surface area (Å²) in [6.07, 6.45) is 2.24. The Balaban J connectivity index is 2.36. The first-order chi connectivity index (χ1) is 6.15. The van der Waals surface area contributed by atoms with Gasteiger partial charge in [-0.1, -0.05) is 0 Å². The van der Waals surface area contributed by atoms with Crippen LogP contribution in [0.3, 0.4) is 0 Å². The van der Waals surface area contributed by atoms with Crippen molar-refractivity contribution in [1.29, 1.82) is 0 Å². The smallest absolute Gasteiger partial charge is 0.332 e. The van der Waals surface area contributed by atoms with Crippen molar-refractivity contribution in [3.8, 4) is 0 Å². The third-order valence-corrected chi connectivity index (χ3v) is 2.75. The summed E-state index contributed by atoms with van der Waals surface area (Å²) in [6, 6.07) is 0. The number of aliphatic carboxylic acids is 1. The van der Waals surface area contributed by atoms with E-state index in [9.17, 15) is 9.90 Å². The van der Waals surface area contributed by atoms with Crippen molar-refractivity contribution in [3.05, 3.63) is 0 Å². The van der Waals surface area contributed by atoms with Crippen LogP contribution in [0.15, 0.2) is 0 Å². The van der Waals surface area contributed by atoms with Crippen LogP contribution in [0.25, 0.3) is 0 Å². The molecule has 0 radical (unpaired) electrons. The first kappa shape index (κ1) is 10.5. The number of carboxylic acid groups (broad SMARTS) is 1. The molecule has 1 rings (SSSR count). The van der Waals surface area contributed by atoms with Crippen LogP contribution in [-0.2, 0) is 9.53 Å². The van der Waals surface area contributed by atoms with Crippen molar-refractivity contribution in [1.82, 2.24) is 0 Å². The highest BCUT2D eigenvalue weighted by molar-refractivity contribution is 5.72. The van der Waals surface area contributed by atoms with Crippen LogP contribution < -0.4 is 0 Å². The molecule has 1 saturated carbocycles. The van der Waals surface area contributed by atoms with Gasteiger partial charge < -0.3 is 14.9 Å². The molecule has 0 saturated heterocycles. The first-order valence-electron chi connectivity index (χ1n) is 4.58. The van der Waals surface area contributed by atoms with Crippen molar-refractivity contribution in [2.75, 3.05) is 7.11 Å². The third-order valence-electron chi connectivity index (χ3n) is 2.75.